The van der Waals surface area contributed by atoms with E-state index in [1.165, 1.54) is 17.7 Å². The molecule has 2 aromatic carbocycles. The van der Waals surface area contributed by atoms with Crippen molar-refractivity contribution in [2.24, 2.45) is 0 Å². The van der Waals surface area contributed by atoms with Gasteiger partial charge in [-0.1, -0.05) is 17.7 Å². The van der Waals surface area contributed by atoms with Crippen LogP contribution in [0.15, 0.2) is 40.8 Å². The Balaban J connectivity index is 2.15. The number of carboxylic acid groups (broad SMARTS) is 1. The van der Waals surface area contributed by atoms with Crippen molar-refractivity contribution in [3.8, 4) is 11.5 Å². The molecule has 4 nitrogen and oxygen atoms in total. The number of benzene rings is 2. The summed E-state index contributed by atoms with van der Waals surface area (Å²) in [7, 11) is 0. The Hall–Kier alpha value is -2.62. The first-order chi connectivity index (χ1) is 9.54. The van der Waals surface area contributed by atoms with E-state index in [4.69, 9.17) is 9.52 Å². The fourth-order valence-electron chi connectivity index (χ4n) is 2.23. The minimum Gasteiger partial charge on any atom is -0.478 e. The van der Waals surface area contributed by atoms with Gasteiger partial charge >= 0.3 is 5.97 Å². The van der Waals surface area contributed by atoms with Crippen LogP contribution in [0, 0.1) is 13.8 Å². The molecule has 1 aromatic heterocycles. The predicted octanol–water partition coefficient (Wildman–Crippen LogP) is 3.81. The van der Waals surface area contributed by atoms with Gasteiger partial charge in [0.15, 0.2) is 5.58 Å². The van der Waals surface area contributed by atoms with Crippen molar-refractivity contribution >= 4 is 17.1 Å². The molecule has 0 amide bonds. The van der Waals surface area contributed by atoms with Gasteiger partial charge in [0.1, 0.15) is 5.52 Å². The number of aryl methyl sites for hydroxylation is 2. The summed E-state index contributed by atoms with van der Waals surface area (Å²) in [5.74, 6) is -0.456. The zero-order chi connectivity index (χ0) is 14.3. The number of rotatable bonds is 2. The third-order valence-electron chi connectivity index (χ3n) is 3.25. The molecule has 3 aromatic rings. The molecule has 0 aliphatic heterocycles. The minimum absolute atomic E-state index is 0.206. The molecule has 1 heterocycles. The van der Waals surface area contributed by atoms with Crippen LogP contribution in [0.3, 0.4) is 0 Å². The lowest BCUT2D eigenvalue weighted by Gasteiger charge is -2.01. The highest BCUT2D eigenvalue weighted by Gasteiger charge is 2.12. The largest absolute Gasteiger partial charge is 0.478 e. The van der Waals surface area contributed by atoms with E-state index in [1.54, 1.807) is 6.07 Å². The van der Waals surface area contributed by atoms with Crippen LogP contribution in [0.4, 0.5) is 0 Å². The van der Waals surface area contributed by atoms with Gasteiger partial charge in [-0.2, -0.15) is 0 Å². The first-order valence-electron chi connectivity index (χ1n) is 6.26. The molecule has 0 atom stereocenters. The van der Waals surface area contributed by atoms with Gasteiger partial charge in [0, 0.05) is 5.56 Å². The van der Waals surface area contributed by atoms with Crippen molar-refractivity contribution in [3.63, 3.8) is 0 Å². The highest BCUT2D eigenvalue weighted by molar-refractivity contribution is 5.92. The monoisotopic (exact) mass is 267 g/mol. The SMILES string of the molecule is Cc1ccc(-c2nc3cc(C(=O)O)ccc3o2)c(C)c1. The van der Waals surface area contributed by atoms with E-state index in [0.717, 1.165) is 11.1 Å². The van der Waals surface area contributed by atoms with Crippen molar-refractivity contribution in [1.29, 1.82) is 0 Å². The molecule has 0 aliphatic carbocycles. The first-order valence-corrected chi connectivity index (χ1v) is 6.26. The normalized spacial score (nSPS) is 10.9. The number of hydrogen-bond acceptors (Lipinski definition) is 3. The lowest BCUT2D eigenvalue weighted by atomic mass is 10.1. The molecule has 0 fully saturated rings. The van der Waals surface area contributed by atoms with E-state index >= 15 is 0 Å². The molecule has 0 saturated heterocycles. The molecular weight excluding hydrogens is 254 g/mol. The molecule has 0 bridgehead atoms. The van der Waals surface area contributed by atoms with Crippen LogP contribution >= 0.6 is 0 Å². The molecule has 0 aliphatic rings. The number of fused-ring (bicyclic) bond motifs is 1. The topological polar surface area (TPSA) is 63.3 Å². The van der Waals surface area contributed by atoms with Crippen LogP contribution in [0.1, 0.15) is 21.5 Å². The second-order valence-corrected chi connectivity index (χ2v) is 4.83. The summed E-state index contributed by atoms with van der Waals surface area (Å²) < 4.78 is 5.71. The maximum absolute atomic E-state index is 11.0. The van der Waals surface area contributed by atoms with Crippen LogP contribution in [0.2, 0.25) is 0 Å². The fraction of sp³-hybridized carbons (Fsp3) is 0.125. The summed E-state index contributed by atoms with van der Waals surface area (Å²) >= 11 is 0. The Morgan fingerprint density at radius 2 is 1.95 bits per heavy atom. The van der Waals surface area contributed by atoms with Crippen LogP contribution in [-0.4, -0.2) is 16.1 Å². The van der Waals surface area contributed by atoms with Gasteiger partial charge in [-0.15, -0.1) is 0 Å². The standard InChI is InChI=1S/C16H13NO3/c1-9-3-5-12(10(2)7-9)15-17-13-8-11(16(18)19)4-6-14(13)20-15/h3-8H,1-2H3,(H,18,19). The number of carbonyl (C=O) groups is 1. The number of aromatic carboxylic acids is 1. The average Bonchev–Trinajstić information content (AvgIpc) is 2.80. The third kappa shape index (κ3) is 2.05. The van der Waals surface area contributed by atoms with E-state index in [2.05, 4.69) is 11.1 Å². The molecular formula is C16H13NO3. The van der Waals surface area contributed by atoms with Gasteiger partial charge in [0.2, 0.25) is 5.89 Å². The number of nitrogens with zero attached hydrogens (tertiary/aromatic N) is 1. The zero-order valence-electron chi connectivity index (χ0n) is 11.2. The van der Waals surface area contributed by atoms with E-state index in [-0.39, 0.29) is 5.56 Å². The molecule has 0 saturated carbocycles. The minimum atomic E-state index is -0.969. The highest BCUT2D eigenvalue weighted by atomic mass is 16.4. The summed E-state index contributed by atoms with van der Waals surface area (Å²) in [6.07, 6.45) is 0. The van der Waals surface area contributed by atoms with Crippen LogP contribution in [0.5, 0.6) is 0 Å². The lowest BCUT2D eigenvalue weighted by molar-refractivity contribution is 0.0697. The van der Waals surface area contributed by atoms with Crippen LogP contribution < -0.4 is 0 Å². The van der Waals surface area contributed by atoms with Gasteiger partial charge in [0.05, 0.1) is 5.56 Å². The molecule has 100 valence electrons. The Kier molecular flexibility index (Phi) is 2.79. The van der Waals surface area contributed by atoms with Crippen molar-refractivity contribution in [2.75, 3.05) is 0 Å². The molecule has 20 heavy (non-hydrogen) atoms. The molecule has 0 radical (unpaired) electrons. The predicted molar refractivity (Wildman–Crippen MR) is 75.9 cm³/mol. The summed E-state index contributed by atoms with van der Waals surface area (Å²) in [4.78, 5) is 15.3. The quantitative estimate of drug-likeness (QED) is 0.766. The van der Waals surface area contributed by atoms with Crippen LogP contribution in [-0.2, 0) is 0 Å². The second kappa shape index (κ2) is 4.49. The van der Waals surface area contributed by atoms with Gasteiger partial charge < -0.3 is 9.52 Å². The summed E-state index contributed by atoms with van der Waals surface area (Å²) in [5.41, 5.74) is 4.53. The second-order valence-electron chi connectivity index (χ2n) is 4.83. The van der Waals surface area contributed by atoms with Crippen molar-refractivity contribution < 1.29 is 14.3 Å². The first kappa shape index (κ1) is 12.4. The van der Waals surface area contributed by atoms with Gasteiger partial charge in [-0.25, -0.2) is 9.78 Å². The van der Waals surface area contributed by atoms with E-state index in [0.29, 0.717) is 17.0 Å². The lowest BCUT2D eigenvalue weighted by Crippen LogP contribution is -1.94. The average molecular weight is 267 g/mol. The maximum atomic E-state index is 11.0. The molecule has 4 heteroatoms. The van der Waals surface area contributed by atoms with E-state index in [1.807, 2.05) is 26.0 Å². The van der Waals surface area contributed by atoms with E-state index in [9.17, 15) is 4.79 Å². The molecule has 1 N–H and O–H groups in total. The van der Waals surface area contributed by atoms with Crippen molar-refractivity contribution in [2.45, 2.75) is 13.8 Å². The molecule has 0 unspecified atom stereocenters. The Morgan fingerprint density at radius 3 is 2.65 bits per heavy atom. The number of oxazole rings is 1. The van der Waals surface area contributed by atoms with Gasteiger partial charge in [0.25, 0.3) is 0 Å². The van der Waals surface area contributed by atoms with Crippen molar-refractivity contribution in [1.82, 2.24) is 4.98 Å². The van der Waals surface area contributed by atoms with Crippen LogP contribution in [0.25, 0.3) is 22.6 Å². The third-order valence-corrected chi connectivity index (χ3v) is 3.25. The smallest absolute Gasteiger partial charge is 0.335 e. The Morgan fingerprint density at radius 1 is 1.15 bits per heavy atom. The number of carboxylic acids is 1. The maximum Gasteiger partial charge on any atom is 0.335 e. The van der Waals surface area contributed by atoms with Gasteiger partial charge in [-0.3, -0.25) is 0 Å². The Labute approximate surface area is 115 Å². The Bertz CT molecular complexity index is 818. The summed E-state index contributed by atoms with van der Waals surface area (Å²) in [6, 6.07) is 10.7. The van der Waals surface area contributed by atoms with Crippen molar-refractivity contribution in [3.05, 3.63) is 53.1 Å². The van der Waals surface area contributed by atoms with Gasteiger partial charge in [-0.05, 0) is 43.7 Å². The summed E-state index contributed by atoms with van der Waals surface area (Å²) in [6.45, 7) is 4.03. The number of hydrogen-bond donors (Lipinski definition) is 1. The zero-order valence-corrected chi connectivity index (χ0v) is 11.2. The molecule has 3 rings (SSSR count). The number of aromatic nitrogens is 1. The fourth-order valence-corrected chi connectivity index (χ4v) is 2.23. The summed E-state index contributed by atoms with van der Waals surface area (Å²) in [5, 5.41) is 8.98. The molecule has 0 spiro atoms. The highest BCUT2D eigenvalue weighted by Crippen LogP contribution is 2.27. The van der Waals surface area contributed by atoms with E-state index < -0.39 is 5.97 Å².